The van der Waals surface area contributed by atoms with E-state index in [1.807, 2.05) is 0 Å². The van der Waals surface area contributed by atoms with Gasteiger partial charge in [0.15, 0.2) is 11.6 Å². The highest BCUT2D eigenvalue weighted by Gasteiger charge is 2.32. The number of ether oxygens (including phenoxy) is 1. The Hall–Kier alpha value is -0.280. The fraction of sp³-hybridized carbons (Fsp3) is 0.571. The van der Waals surface area contributed by atoms with Crippen LogP contribution >= 0.6 is 27.5 Å². The lowest BCUT2D eigenvalue weighted by Gasteiger charge is -2.35. The molecule has 2 rings (SSSR count). The SMILES string of the molecule is Fc1cccc(Cl)c1OCC1(CBr)CCCCC1. The maximum Gasteiger partial charge on any atom is 0.173 e. The standard InChI is InChI=1S/C14H17BrClFO/c15-9-14(7-2-1-3-8-14)10-18-13-11(16)5-4-6-12(13)17/h4-6H,1-3,7-10H2. The number of halogens is 3. The Balaban J connectivity index is 2.05. The Morgan fingerprint density at radius 1 is 1.28 bits per heavy atom. The van der Waals surface area contributed by atoms with Crippen LogP contribution in [-0.4, -0.2) is 11.9 Å². The lowest BCUT2D eigenvalue weighted by atomic mass is 9.76. The van der Waals surface area contributed by atoms with Gasteiger partial charge >= 0.3 is 0 Å². The molecule has 0 unspecified atom stereocenters. The highest BCUT2D eigenvalue weighted by atomic mass is 79.9. The zero-order valence-corrected chi connectivity index (χ0v) is 12.6. The lowest BCUT2D eigenvalue weighted by molar-refractivity contribution is 0.118. The highest BCUT2D eigenvalue weighted by molar-refractivity contribution is 9.09. The first-order valence-corrected chi connectivity index (χ1v) is 7.80. The fourth-order valence-electron chi connectivity index (χ4n) is 2.46. The van der Waals surface area contributed by atoms with E-state index in [1.54, 1.807) is 12.1 Å². The molecular formula is C14H17BrClFO. The molecule has 1 aromatic rings. The Labute approximate surface area is 121 Å². The number of hydrogen-bond donors (Lipinski definition) is 0. The van der Waals surface area contributed by atoms with E-state index in [-0.39, 0.29) is 17.0 Å². The normalized spacial score (nSPS) is 18.6. The summed E-state index contributed by atoms with van der Waals surface area (Å²) in [6, 6.07) is 4.62. The number of para-hydroxylation sites is 1. The second kappa shape index (κ2) is 6.25. The van der Waals surface area contributed by atoms with Crippen LogP contribution in [0.1, 0.15) is 32.1 Å². The maximum atomic E-state index is 13.6. The molecule has 1 aliphatic rings. The summed E-state index contributed by atoms with van der Waals surface area (Å²) in [5.74, 6) is -0.201. The summed E-state index contributed by atoms with van der Waals surface area (Å²) in [6.07, 6.45) is 5.99. The molecular weight excluding hydrogens is 319 g/mol. The third kappa shape index (κ3) is 3.18. The second-order valence-corrected chi connectivity index (χ2v) is 6.00. The Morgan fingerprint density at radius 3 is 2.61 bits per heavy atom. The lowest BCUT2D eigenvalue weighted by Crippen LogP contribution is -2.32. The van der Waals surface area contributed by atoms with Gasteiger partial charge in [-0.05, 0) is 25.0 Å². The molecule has 0 aromatic heterocycles. The van der Waals surface area contributed by atoms with E-state index in [1.165, 1.54) is 25.3 Å². The Kier molecular flexibility index (Phi) is 4.91. The molecule has 1 fully saturated rings. The molecule has 0 N–H and O–H groups in total. The van der Waals surface area contributed by atoms with Gasteiger partial charge < -0.3 is 4.74 Å². The molecule has 0 amide bonds. The number of hydrogen-bond acceptors (Lipinski definition) is 1. The molecule has 0 heterocycles. The first-order chi connectivity index (χ1) is 8.67. The zero-order chi connectivity index (χ0) is 13.0. The van der Waals surface area contributed by atoms with Crippen molar-refractivity contribution < 1.29 is 9.13 Å². The summed E-state index contributed by atoms with van der Waals surface area (Å²) in [7, 11) is 0. The molecule has 0 bridgehead atoms. The van der Waals surface area contributed by atoms with Gasteiger partial charge in [0.2, 0.25) is 0 Å². The Bertz CT molecular complexity index is 385. The first kappa shape index (κ1) is 14.1. The topological polar surface area (TPSA) is 9.23 Å². The van der Waals surface area contributed by atoms with E-state index in [0.29, 0.717) is 11.6 Å². The minimum absolute atomic E-state index is 0.129. The van der Waals surface area contributed by atoms with Crippen molar-refractivity contribution in [2.45, 2.75) is 32.1 Å². The summed E-state index contributed by atoms with van der Waals surface area (Å²) >= 11 is 9.53. The van der Waals surface area contributed by atoms with E-state index in [4.69, 9.17) is 16.3 Å². The van der Waals surface area contributed by atoms with Crippen LogP contribution in [0.5, 0.6) is 5.75 Å². The van der Waals surface area contributed by atoms with Gasteiger partial charge in [0.05, 0.1) is 11.6 Å². The van der Waals surface area contributed by atoms with Crippen LogP contribution in [0.2, 0.25) is 5.02 Å². The fourth-order valence-corrected chi connectivity index (χ4v) is 3.40. The maximum absolute atomic E-state index is 13.6. The molecule has 0 aliphatic heterocycles. The smallest absolute Gasteiger partial charge is 0.173 e. The minimum atomic E-state index is -0.386. The minimum Gasteiger partial charge on any atom is -0.488 e. The molecule has 100 valence electrons. The molecule has 0 atom stereocenters. The van der Waals surface area contributed by atoms with Gasteiger partial charge in [-0.3, -0.25) is 0 Å². The second-order valence-electron chi connectivity index (χ2n) is 5.03. The summed E-state index contributed by atoms with van der Waals surface area (Å²) in [5, 5.41) is 1.24. The number of alkyl halides is 1. The third-order valence-corrected chi connectivity index (χ3v) is 5.13. The van der Waals surface area contributed by atoms with E-state index in [0.717, 1.165) is 18.2 Å². The van der Waals surface area contributed by atoms with Crippen molar-refractivity contribution in [3.63, 3.8) is 0 Å². The van der Waals surface area contributed by atoms with Crippen molar-refractivity contribution in [3.8, 4) is 5.75 Å². The van der Waals surface area contributed by atoms with Crippen molar-refractivity contribution in [1.29, 1.82) is 0 Å². The van der Waals surface area contributed by atoms with E-state index in [2.05, 4.69) is 15.9 Å². The van der Waals surface area contributed by atoms with Gasteiger partial charge in [0, 0.05) is 10.7 Å². The third-order valence-electron chi connectivity index (χ3n) is 3.64. The number of benzene rings is 1. The van der Waals surface area contributed by atoms with Crippen LogP contribution < -0.4 is 4.74 Å². The van der Waals surface area contributed by atoms with Crippen molar-refractivity contribution in [3.05, 3.63) is 29.0 Å². The van der Waals surface area contributed by atoms with Crippen LogP contribution in [0.25, 0.3) is 0 Å². The summed E-state index contributed by atoms with van der Waals surface area (Å²) in [4.78, 5) is 0. The van der Waals surface area contributed by atoms with Crippen LogP contribution in [0.4, 0.5) is 4.39 Å². The van der Waals surface area contributed by atoms with Crippen molar-refractivity contribution in [1.82, 2.24) is 0 Å². The summed E-state index contributed by atoms with van der Waals surface area (Å²) in [6.45, 7) is 0.527. The van der Waals surface area contributed by atoms with Gasteiger partial charge in [-0.15, -0.1) is 0 Å². The molecule has 0 saturated heterocycles. The van der Waals surface area contributed by atoms with Crippen LogP contribution in [0.15, 0.2) is 18.2 Å². The molecule has 0 spiro atoms. The Morgan fingerprint density at radius 2 is 2.00 bits per heavy atom. The monoisotopic (exact) mass is 334 g/mol. The predicted octanol–water partition coefficient (Wildman–Crippen LogP) is 5.20. The predicted molar refractivity (Wildman–Crippen MR) is 76.2 cm³/mol. The molecule has 4 heteroatoms. The molecule has 1 saturated carbocycles. The van der Waals surface area contributed by atoms with Crippen molar-refractivity contribution in [2.24, 2.45) is 5.41 Å². The molecule has 1 aliphatic carbocycles. The van der Waals surface area contributed by atoms with Gasteiger partial charge in [-0.25, -0.2) is 4.39 Å². The number of rotatable bonds is 4. The summed E-state index contributed by atoms with van der Waals surface area (Å²) in [5.41, 5.74) is 0.129. The van der Waals surface area contributed by atoms with E-state index < -0.39 is 0 Å². The average Bonchev–Trinajstić information content (AvgIpc) is 2.39. The summed E-state index contributed by atoms with van der Waals surface area (Å²) < 4.78 is 19.3. The first-order valence-electron chi connectivity index (χ1n) is 6.30. The van der Waals surface area contributed by atoms with E-state index >= 15 is 0 Å². The quantitative estimate of drug-likeness (QED) is 0.687. The van der Waals surface area contributed by atoms with Crippen molar-refractivity contribution in [2.75, 3.05) is 11.9 Å². The van der Waals surface area contributed by atoms with Gasteiger partial charge in [-0.2, -0.15) is 0 Å². The average molecular weight is 336 g/mol. The molecule has 1 nitrogen and oxygen atoms in total. The van der Waals surface area contributed by atoms with Gasteiger partial charge in [-0.1, -0.05) is 52.9 Å². The molecule has 0 radical (unpaired) electrons. The molecule has 18 heavy (non-hydrogen) atoms. The van der Waals surface area contributed by atoms with Crippen LogP contribution in [0, 0.1) is 11.2 Å². The zero-order valence-electron chi connectivity index (χ0n) is 10.2. The van der Waals surface area contributed by atoms with Crippen LogP contribution in [-0.2, 0) is 0 Å². The highest BCUT2D eigenvalue weighted by Crippen LogP contribution is 2.39. The van der Waals surface area contributed by atoms with E-state index in [9.17, 15) is 4.39 Å². The van der Waals surface area contributed by atoms with Crippen molar-refractivity contribution >= 4 is 27.5 Å². The van der Waals surface area contributed by atoms with Gasteiger partial charge in [0.25, 0.3) is 0 Å². The van der Waals surface area contributed by atoms with Gasteiger partial charge in [0.1, 0.15) is 0 Å². The largest absolute Gasteiger partial charge is 0.488 e. The van der Waals surface area contributed by atoms with Crippen LogP contribution in [0.3, 0.4) is 0 Å². The molecule has 1 aromatic carbocycles.